The van der Waals surface area contributed by atoms with E-state index in [1.165, 1.54) is 0 Å². The first-order valence-corrected chi connectivity index (χ1v) is 10.5. The molecule has 0 radical (unpaired) electrons. The van der Waals surface area contributed by atoms with Crippen LogP contribution in [0.25, 0.3) is 0 Å². The van der Waals surface area contributed by atoms with Gasteiger partial charge in [0.25, 0.3) is 0 Å². The van der Waals surface area contributed by atoms with Gasteiger partial charge in [-0.2, -0.15) is 0 Å². The van der Waals surface area contributed by atoms with Crippen molar-refractivity contribution in [3.8, 4) is 0 Å². The van der Waals surface area contributed by atoms with Crippen LogP contribution in [0.1, 0.15) is 0 Å². The molecule has 0 amide bonds. The third kappa shape index (κ3) is 221. The molecule has 0 aromatic rings. The Labute approximate surface area is 65.0 Å². The second-order valence-electron chi connectivity index (χ2n) is 0.492. The summed E-state index contributed by atoms with van der Waals surface area (Å²) in [7, 11) is 0. The van der Waals surface area contributed by atoms with Crippen LogP contribution in [0.3, 0.4) is 0 Å². The average Bonchev–Trinajstić information content (AvgIpc) is 1.27. The Kier molecular flexibility index (Phi) is 9.19. The summed E-state index contributed by atoms with van der Waals surface area (Å²) in [5, 5.41) is 0. The summed E-state index contributed by atoms with van der Waals surface area (Å²) in [6.07, 6.45) is 0. The fourth-order valence-corrected chi connectivity index (χ4v) is 0. The molecule has 0 aromatic carbocycles. The topological polar surface area (TPSA) is 85.3 Å². The molecular formula is Mo2O5Ti. The summed E-state index contributed by atoms with van der Waals surface area (Å²) in [4.78, 5) is 0. The second kappa shape index (κ2) is 6.21. The van der Waals surface area contributed by atoms with Crippen LogP contribution in [0.15, 0.2) is 0 Å². The molecular weight excluding hydrogens is 320 g/mol. The predicted octanol–water partition coefficient (Wildman–Crippen LogP) is -0.602. The van der Waals surface area contributed by atoms with Crippen molar-refractivity contribution in [1.82, 2.24) is 0 Å². The van der Waals surface area contributed by atoms with Crippen LogP contribution >= 0.6 is 0 Å². The van der Waals surface area contributed by atoms with E-state index < -0.39 is 32.0 Å². The molecule has 0 N–H and O–H groups in total. The Morgan fingerprint density at radius 3 is 1.12 bits per heavy atom. The molecule has 0 spiro atoms. The van der Waals surface area contributed by atoms with Crippen LogP contribution in [-0.4, -0.2) is 0 Å². The van der Waals surface area contributed by atoms with E-state index in [-0.39, 0.29) is 0 Å². The van der Waals surface area contributed by atoms with Crippen molar-refractivity contribution in [2.24, 2.45) is 0 Å². The summed E-state index contributed by atoms with van der Waals surface area (Å²) in [5.41, 5.74) is 0. The van der Waals surface area contributed by atoms with Gasteiger partial charge in [0, 0.05) is 0 Å². The zero-order valence-electron chi connectivity index (χ0n) is 3.36. The van der Waals surface area contributed by atoms with Gasteiger partial charge < -0.3 is 0 Å². The second-order valence-corrected chi connectivity index (χ2v) is 8.70. The number of hydrogen-bond acceptors (Lipinski definition) is 5. The molecule has 8 heavy (non-hydrogen) atoms. The van der Waals surface area contributed by atoms with Crippen molar-refractivity contribution in [2.75, 3.05) is 0 Å². The summed E-state index contributed by atoms with van der Waals surface area (Å²) >= 11 is -6.11. The van der Waals surface area contributed by atoms with Gasteiger partial charge in [-0.25, -0.2) is 0 Å². The molecule has 0 heterocycles. The summed E-state index contributed by atoms with van der Waals surface area (Å²) in [5.74, 6) is 0. The van der Waals surface area contributed by atoms with Gasteiger partial charge in [0.1, 0.15) is 0 Å². The van der Waals surface area contributed by atoms with E-state index in [2.05, 4.69) is 0 Å². The van der Waals surface area contributed by atoms with Gasteiger partial charge in [-0.3, -0.25) is 0 Å². The number of rotatable bonds is 0. The van der Waals surface area contributed by atoms with E-state index in [1.54, 1.807) is 0 Å². The number of hydrogen-bond donors (Lipinski definition) is 0. The van der Waals surface area contributed by atoms with Gasteiger partial charge in [0.15, 0.2) is 0 Å². The molecule has 0 bridgehead atoms. The van der Waals surface area contributed by atoms with Crippen LogP contribution < -0.4 is 0 Å². The van der Waals surface area contributed by atoms with Gasteiger partial charge in [0.05, 0.1) is 0 Å². The van der Waals surface area contributed by atoms with Gasteiger partial charge in [-0.15, -0.1) is 0 Å². The molecule has 0 aromatic heterocycles. The molecule has 46 valence electrons. The van der Waals surface area contributed by atoms with E-state index in [9.17, 15) is 10.2 Å². The summed E-state index contributed by atoms with van der Waals surface area (Å²) in [6.45, 7) is 0. The van der Waals surface area contributed by atoms with E-state index in [1.807, 2.05) is 0 Å². The fraction of sp³-hybridized carbons (Fsp3) is 0. The zero-order valence-corrected chi connectivity index (χ0v) is 8.93. The minimum atomic E-state index is -4.76. The van der Waals surface area contributed by atoms with Crippen molar-refractivity contribution in [3.63, 3.8) is 0 Å². The molecule has 0 saturated carbocycles. The van der Waals surface area contributed by atoms with Gasteiger partial charge >= 0.3 is 65.7 Å². The van der Waals surface area contributed by atoms with Crippen LogP contribution in [0.5, 0.6) is 0 Å². The zero-order chi connectivity index (χ0) is 7.21. The Hall–Kier alpha value is 1.09. The van der Waals surface area contributed by atoms with E-state index in [0.29, 0.717) is 16.8 Å². The van der Waals surface area contributed by atoms with E-state index in [4.69, 9.17) is 6.65 Å². The van der Waals surface area contributed by atoms with E-state index >= 15 is 0 Å². The Bertz CT molecular complexity index is 194. The fourth-order valence-electron chi connectivity index (χ4n) is 0. The monoisotopic (exact) mass is 324 g/mol. The van der Waals surface area contributed by atoms with Crippen molar-refractivity contribution < 1.29 is 65.7 Å². The molecule has 5 nitrogen and oxygen atoms in total. The average molecular weight is 320 g/mol. The summed E-state index contributed by atoms with van der Waals surface area (Å²) in [6, 6.07) is 0. The first-order valence-electron chi connectivity index (χ1n) is 1.07. The molecule has 0 aliphatic rings. The molecule has 0 unspecified atom stereocenters. The van der Waals surface area contributed by atoms with Crippen LogP contribution in [-0.2, 0) is 65.7 Å². The van der Waals surface area contributed by atoms with Gasteiger partial charge in [-0.1, -0.05) is 0 Å². The molecule has 0 atom stereocenters. The maximum atomic E-state index is 9.19. The van der Waals surface area contributed by atoms with Gasteiger partial charge in [-0.05, 0) is 0 Å². The minimum absolute atomic E-state index is 0.647. The van der Waals surface area contributed by atoms with Gasteiger partial charge in [0.2, 0.25) is 0 Å². The Morgan fingerprint density at radius 1 is 1.12 bits per heavy atom. The SMILES string of the molecule is [O]=[Mo](=[O])(=[O])[Mo].[O]=[Ti]=[O]. The molecule has 0 aliphatic carbocycles. The normalized spacial score (nSPS) is 8.00. The molecule has 8 heteroatoms. The molecule has 0 fully saturated rings. The van der Waals surface area contributed by atoms with Crippen molar-refractivity contribution in [1.29, 1.82) is 0 Å². The standard InChI is InChI=1S/2Mo.5O.Ti. The quantitative estimate of drug-likeness (QED) is 0.557. The summed E-state index contributed by atoms with van der Waals surface area (Å²) < 4.78 is 44.6. The van der Waals surface area contributed by atoms with Crippen molar-refractivity contribution >= 4 is 0 Å². The molecule has 0 saturated heterocycles. The maximum absolute atomic E-state index is 9.19. The predicted molar refractivity (Wildman–Crippen MR) is 3.43 cm³/mol. The van der Waals surface area contributed by atoms with Crippen LogP contribution in [0.2, 0.25) is 0 Å². The Balaban J connectivity index is 0. The molecule has 0 rings (SSSR count). The Morgan fingerprint density at radius 2 is 1.12 bits per heavy atom. The first-order chi connectivity index (χ1) is 3.41. The van der Waals surface area contributed by atoms with E-state index in [0.717, 1.165) is 0 Å². The van der Waals surface area contributed by atoms with Crippen LogP contribution in [0, 0.1) is 0 Å². The van der Waals surface area contributed by atoms with Crippen molar-refractivity contribution in [3.05, 3.63) is 0 Å². The van der Waals surface area contributed by atoms with Crippen molar-refractivity contribution in [2.45, 2.75) is 0 Å². The molecule has 0 aliphatic heterocycles. The van der Waals surface area contributed by atoms with Crippen LogP contribution in [0.4, 0.5) is 0 Å². The third-order valence-corrected chi connectivity index (χ3v) is 0. The third-order valence-electron chi connectivity index (χ3n) is 0. The first kappa shape index (κ1) is 11.8.